The van der Waals surface area contributed by atoms with Gasteiger partial charge in [-0.2, -0.15) is 13.5 Å². The number of aromatic nitrogens is 3. The van der Waals surface area contributed by atoms with Gasteiger partial charge in [0.15, 0.2) is 5.52 Å². The smallest absolute Gasteiger partial charge is 0.242 e. The highest BCUT2D eigenvalue weighted by Crippen LogP contribution is 2.28. The van der Waals surface area contributed by atoms with Gasteiger partial charge in [-0.05, 0) is 31.2 Å². The van der Waals surface area contributed by atoms with Crippen molar-refractivity contribution in [1.29, 1.82) is 0 Å². The molecular weight excluding hydrogens is 512 g/mol. The molecule has 0 amide bonds. The lowest BCUT2D eigenvalue weighted by Crippen LogP contribution is -2.45. The molecule has 202 valence electrons. The van der Waals surface area contributed by atoms with Crippen LogP contribution in [-0.4, -0.2) is 105 Å². The van der Waals surface area contributed by atoms with Gasteiger partial charge in [0.25, 0.3) is 0 Å². The first-order valence-corrected chi connectivity index (χ1v) is 13.6. The van der Waals surface area contributed by atoms with Crippen molar-refractivity contribution in [2.75, 3.05) is 71.7 Å². The van der Waals surface area contributed by atoms with Crippen LogP contribution in [0.15, 0.2) is 42.7 Å². The number of nitrogens with zero attached hydrogens (tertiary/aromatic N) is 6. The summed E-state index contributed by atoms with van der Waals surface area (Å²) in [4.78, 5) is 17.9. The number of hydrogen-bond donors (Lipinski definition) is 0. The van der Waals surface area contributed by atoms with Crippen molar-refractivity contribution in [2.24, 2.45) is 0 Å². The summed E-state index contributed by atoms with van der Waals surface area (Å²) in [5.74, 6) is 0.556. The Morgan fingerprint density at radius 3 is 2.54 bits per heavy atom. The Hall–Kier alpha value is -2.51. The van der Waals surface area contributed by atoms with Crippen molar-refractivity contribution in [3.8, 4) is 17.1 Å². The van der Waals surface area contributed by atoms with Gasteiger partial charge in [0.05, 0.1) is 23.6 Å². The monoisotopic (exact) mass is 548 g/mol. The summed E-state index contributed by atoms with van der Waals surface area (Å²) in [6, 6.07) is 10.1. The van der Waals surface area contributed by atoms with Crippen LogP contribution in [-0.2, 0) is 14.8 Å². The Balaban J connectivity index is 0.00000380. The third-order valence-electron chi connectivity index (χ3n) is 6.17. The molecule has 1 fully saturated rings. The van der Waals surface area contributed by atoms with Gasteiger partial charge >= 0.3 is 0 Å². The summed E-state index contributed by atoms with van der Waals surface area (Å²) in [6.45, 7) is 3.01. The molecular formula is C25H36N6O4S2. The van der Waals surface area contributed by atoms with E-state index in [1.807, 2.05) is 49.3 Å². The number of sulfonamides is 1. The first-order valence-electron chi connectivity index (χ1n) is 12.0. The molecule has 3 aromatic rings. The lowest BCUT2D eigenvalue weighted by atomic mass is 10.1. The molecule has 1 aliphatic rings. The summed E-state index contributed by atoms with van der Waals surface area (Å²) < 4.78 is 37.4. The van der Waals surface area contributed by atoms with Gasteiger partial charge in [-0.3, -0.25) is 9.88 Å². The van der Waals surface area contributed by atoms with Crippen LogP contribution in [0.2, 0.25) is 0 Å². The second-order valence-corrected chi connectivity index (χ2v) is 11.5. The number of fused-ring (bicyclic) bond motifs is 1. The number of benzene rings is 1. The molecule has 12 heteroatoms. The first kappa shape index (κ1) is 29.1. The van der Waals surface area contributed by atoms with Crippen LogP contribution in [0.25, 0.3) is 22.3 Å². The maximum Gasteiger partial charge on any atom is 0.242 e. The molecule has 0 saturated carbocycles. The van der Waals surface area contributed by atoms with Crippen LogP contribution in [0.3, 0.4) is 0 Å². The largest absolute Gasteiger partial charge is 0.473 e. The van der Waals surface area contributed by atoms with E-state index in [0.717, 1.165) is 23.5 Å². The lowest BCUT2D eigenvalue weighted by molar-refractivity contribution is -0.0481. The van der Waals surface area contributed by atoms with Crippen LogP contribution in [0.4, 0.5) is 5.69 Å². The molecule has 3 heterocycles. The molecule has 37 heavy (non-hydrogen) atoms. The molecule has 10 nitrogen and oxygen atoms in total. The van der Waals surface area contributed by atoms with E-state index < -0.39 is 10.0 Å². The van der Waals surface area contributed by atoms with Crippen molar-refractivity contribution in [1.82, 2.24) is 24.2 Å². The van der Waals surface area contributed by atoms with Crippen molar-refractivity contribution in [3.05, 3.63) is 42.7 Å². The molecule has 1 atom stereocenters. The first-order chi connectivity index (χ1) is 17.2. The number of rotatable bonds is 10. The predicted octanol–water partition coefficient (Wildman–Crippen LogP) is 2.23. The number of hydrogen-bond acceptors (Lipinski definition) is 9. The Bertz CT molecular complexity index is 1270. The number of anilines is 1. The Morgan fingerprint density at radius 2 is 1.84 bits per heavy atom. The topological polar surface area (TPSA) is 101 Å². The molecule has 0 bridgehead atoms. The van der Waals surface area contributed by atoms with Crippen LogP contribution < -0.4 is 9.64 Å². The Labute approximate surface area is 226 Å². The normalized spacial score (nSPS) is 16.5. The fourth-order valence-corrected chi connectivity index (χ4v) is 4.89. The van der Waals surface area contributed by atoms with Gasteiger partial charge in [0, 0.05) is 64.9 Å². The van der Waals surface area contributed by atoms with Gasteiger partial charge in [0.2, 0.25) is 15.9 Å². The van der Waals surface area contributed by atoms with E-state index >= 15 is 0 Å². The van der Waals surface area contributed by atoms with E-state index in [9.17, 15) is 8.42 Å². The molecule has 1 aliphatic heterocycles. The maximum atomic E-state index is 12.0. The average Bonchev–Trinajstić information content (AvgIpc) is 2.87. The second-order valence-electron chi connectivity index (χ2n) is 9.23. The summed E-state index contributed by atoms with van der Waals surface area (Å²) in [6.07, 6.45) is 3.71. The minimum atomic E-state index is -3.19. The molecule has 0 radical (unpaired) electrons. The summed E-state index contributed by atoms with van der Waals surface area (Å²) >= 11 is 0. The van der Waals surface area contributed by atoms with Crippen LogP contribution >= 0.6 is 13.5 Å². The maximum absolute atomic E-state index is 12.0. The van der Waals surface area contributed by atoms with Crippen molar-refractivity contribution < 1.29 is 17.9 Å². The number of morpholine rings is 1. The van der Waals surface area contributed by atoms with Crippen LogP contribution in [0, 0.1) is 0 Å². The van der Waals surface area contributed by atoms with E-state index in [0.29, 0.717) is 49.6 Å². The predicted molar refractivity (Wildman–Crippen MR) is 151 cm³/mol. The van der Waals surface area contributed by atoms with E-state index in [-0.39, 0.29) is 25.4 Å². The Kier molecular flexibility index (Phi) is 10.1. The highest BCUT2D eigenvalue weighted by atomic mass is 32.2. The minimum Gasteiger partial charge on any atom is -0.473 e. The molecule has 0 aliphatic carbocycles. The fraction of sp³-hybridized carbons (Fsp3) is 0.480. The van der Waals surface area contributed by atoms with E-state index in [4.69, 9.17) is 14.5 Å². The molecule has 0 unspecified atom stereocenters. The standard InChI is InChI=1S/C25H34N6O4S.H2S/c1-29(2)20-8-6-19(7-9-20)22-16-23-24(27-11-10-26-23)25(28-22)35-18-21-17-31(13-14-34-21)12-5-15-36(32,33)30(3)4;/h6-11,16,21H,5,12-15,17-18H2,1-4H3;1H2/t21-;/m0./s1. The fourth-order valence-electron chi connectivity index (χ4n) is 4.03. The molecule has 0 N–H and O–H groups in total. The van der Waals surface area contributed by atoms with E-state index in [1.165, 1.54) is 4.31 Å². The minimum absolute atomic E-state index is 0. The van der Waals surface area contributed by atoms with Gasteiger partial charge in [0.1, 0.15) is 12.7 Å². The summed E-state index contributed by atoms with van der Waals surface area (Å²) in [5, 5.41) is 0. The summed E-state index contributed by atoms with van der Waals surface area (Å²) in [7, 11) is 3.95. The van der Waals surface area contributed by atoms with Gasteiger partial charge in [-0.1, -0.05) is 12.1 Å². The zero-order chi connectivity index (χ0) is 25.7. The van der Waals surface area contributed by atoms with Crippen LogP contribution in [0.1, 0.15) is 6.42 Å². The zero-order valence-corrected chi connectivity index (χ0v) is 23.6. The van der Waals surface area contributed by atoms with Crippen molar-refractivity contribution in [2.45, 2.75) is 12.5 Å². The molecule has 2 aromatic heterocycles. The van der Waals surface area contributed by atoms with Gasteiger partial charge in [-0.15, -0.1) is 0 Å². The third-order valence-corrected chi connectivity index (χ3v) is 8.08. The zero-order valence-electron chi connectivity index (χ0n) is 21.8. The molecule has 1 aromatic carbocycles. The average molecular weight is 549 g/mol. The highest BCUT2D eigenvalue weighted by molar-refractivity contribution is 7.89. The quantitative estimate of drug-likeness (QED) is 0.377. The number of ether oxygens (including phenoxy) is 2. The SMILES string of the molecule is CN(C)c1ccc(-c2cc3nccnc3c(OC[C@@H]3CN(CCCS(=O)(=O)N(C)C)CCO3)n2)cc1.S. The summed E-state index contributed by atoms with van der Waals surface area (Å²) in [5.41, 5.74) is 4.15. The highest BCUT2D eigenvalue weighted by Gasteiger charge is 2.23. The molecule has 0 spiro atoms. The van der Waals surface area contributed by atoms with E-state index in [1.54, 1.807) is 26.5 Å². The second kappa shape index (κ2) is 12.8. The number of pyridine rings is 1. The third kappa shape index (κ3) is 7.51. The lowest BCUT2D eigenvalue weighted by Gasteiger charge is -2.32. The van der Waals surface area contributed by atoms with E-state index in [2.05, 4.69) is 14.9 Å². The molecule has 1 saturated heterocycles. The van der Waals surface area contributed by atoms with Gasteiger partial charge < -0.3 is 14.4 Å². The Morgan fingerprint density at radius 1 is 1.11 bits per heavy atom. The van der Waals surface area contributed by atoms with Crippen molar-refractivity contribution in [3.63, 3.8) is 0 Å². The van der Waals surface area contributed by atoms with Crippen LogP contribution in [0.5, 0.6) is 5.88 Å². The van der Waals surface area contributed by atoms with Crippen molar-refractivity contribution >= 4 is 40.2 Å². The van der Waals surface area contributed by atoms with Gasteiger partial charge in [-0.25, -0.2) is 22.7 Å². The molecule has 4 rings (SSSR count).